The number of rotatable bonds is 6. The summed E-state index contributed by atoms with van der Waals surface area (Å²) in [5, 5.41) is 3.14. The van der Waals surface area contributed by atoms with Crippen LogP contribution in [0.3, 0.4) is 0 Å². The largest absolute Gasteiger partial charge is 0.348 e. The molecule has 0 aliphatic carbocycles. The number of nitrogens with zero attached hydrogens (tertiary/aromatic N) is 2. The van der Waals surface area contributed by atoms with E-state index in [-0.39, 0.29) is 18.0 Å². The third-order valence-corrected chi connectivity index (χ3v) is 3.81. The van der Waals surface area contributed by atoms with Crippen LogP contribution in [0.4, 0.5) is 0 Å². The van der Waals surface area contributed by atoms with Crippen molar-refractivity contribution in [3.63, 3.8) is 0 Å². The fraction of sp³-hybridized carbons (Fsp3) is 0.333. The number of carbonyl (C=O) groups is 1. The molecular formula is C18H23N3O. The summed E-state index contributed by atoms with van der Waals surface area (Å²) in [4.78, 5) is 18.7. The minimum absolute atomic E-state index is 0.0229. The number of likely N-dealkylation sites (N-methyl/N-ethyl adjacent to an activating group) is 1. The van der Waals surface area contributed by atoms with Crippen LogP contribution in [0.2, 0.25) is 0 Å². The quantitative estimate of drug-likeness (QED) is 0.890. The molecule has 2 unspecified atom stereocenters. The maximum Gasteiger partial charge on any atom is 0.237 e. The van der Waals surface area contributed by atoms with Gasteiger partial charge in [-0.05, 0) is 38.7 Å². The number of amides is 1. The Labute approximate surface area is 132 Å². The zero-order chi connectivity index (χ0) is 15.9. The predicted molar refractivity (Wildman–Crippen MR) is 88.4 cm³/mol. The van der Waals surface area contributed by atoms with Gasteiger partial charge in [-0.1, -0.05) is 36.4 Å². The van der Waals surface area contributed by atoms with Gasteiger partial charge in [-0.15, -0.1) is 0 Å². The molecule has 0 bridgehead atoms. The lowest BCUT2D eigenvalue weighted by Crippen LogP contribution is -2.43. The first kappa shape index (κ1) is 16.2. The van der Waals surface area contributed by atoms with Gasteiger partial charge in [0.1, 0.15) is 0 Å². The average molecular weight is 297 g/mol. The summed E-state index contributed by atoms with van der Waals surface area (Å²) in [6, 6.07) is 15.6. The fourth-order valence-electron chi connectivity index (χ4n) is 2.19. The van der Waals surface area contributed by atoms with Crippen LogP contribution in [0, 0.1) is 0 Å². The molecule has 0 radical (unpaired) electrons. The van der Waals surface area contributed by atoms with Gasteiger partial charge in [0.2, 0.25) is 5.91 Å². The second-order valence-corrected chi connectivity index (χ2v) is 5.64. The van der Waals surface area contributed by atoms with Gasteiger partial charge >= 0.3 is 0 Å². The topological polar surface area (TPSA) is 45.2 Å². The molecule has 4 heteroatoms. The van der Waals surface area contributed by atoms with Gasteiger partial charge in [0.15, 0.2) is 0 Å². The molecular weight excluding hydrogens is 274 g/mol. The van der Waals surface area contributed by atoms with Crippen molar-refractivity contribution in [2.75, 3.05) is 14.1 Å². The van der Waals surface area contributed by atoms with E-state index in [4.69, 9.17) is 0 Å². The average Bonchev–Trinajstić information content (AvgIpc) is 2.55. The van der Waals surface area contributed by atoms with Gasteiger partial charge in [0.25, 0.3) is 0 Å². The number of carbonyl (C=O) groups excluding carboxylic acids is 1. The van der Waals surface area contributed by atoms with Gasteiger partial charge in [-0.2, -0.15) is 0 Å². The molecule has 0 aliphatic rings. The Hall–Kier alpha value is -2.20. The molecule has 1 N–H and O–H groups in total. The summed E-state index contributed by atoms with van der Waals surface area (Å²) in [6.07, 6.45) is 2.46. The third kappa shape index (κ3) is 4.40. The van der Waals surface area contributed by atoms with Gasteiger partial charge in [0, 0.05) is 18.3 Å². The highest BCUT2D eigenvalue weighted by Crippen LogP contribution is 2.17. The second kappa shape index (κ2) is 7.71. The molecule has 2 aromatic rings. The van der Waals surface area contributed by atoms with Crippen molar-refractivity contribution < 1.29 is 4.79 Å². The van der Waals surface area contributed by atoms with E-state index in [1.807, 2.05) is 74.4 Å². The molecule has 1 aromatic carbocycles. The third-order valence-electron chi connectivity index (χ3n) is 3.81. The molecule has 2 atom stereocenters. The molecule has 4 nitrogen and oxygen atoms in total. The van der Waals surface area contributed by atoms with Crippen molar-refractivity contribution in [2.45, 2.75) is 25.4 Å². The standard InChI is InChI=1S/C18H23N3O/c1-14(21(2)3)18(22)20-17(15-9-5-4-6-10-15)13-16-11-7-8-12-19-16/h4-12,14,17H,13H2,1-3H3,(H,20,22). The Morgan fingerprint density at radius 3 is 2.41 bits per heavy atom. The maximum atomic E-state index is 12.4. The second-order valence-electron chi connectivity index (χ2n) is 5.64. The lowest BCUT2D eigenvalue weighted by Gasteiger charge is -2.24. The fourth-order valence-corrected chi connectivity index (χ4v) is 2.19. The monoisotopic (exact) mass is 297 g/mol. The van der Waals surface area contributed by atoms with Crippen LogP contribution in [0.1, 0.15) is 24.2 Å². The smallest absolute Gasteiger partial charge is 0.237 e. The first-order chi connectivity index (χ1) is 10.6. The molecule has 22 heavy (non-hydrogen) atoms. The van der Waals surface area contributed by atoms with Crippen molar-refractivity contribution in [3.05, 3.63) is 66.0 Å². The van der Waals surface area contributed by atoms with Gasteiger partial charge in [-0.3, -0.25) is 14.7 Å². The highest BCUT2D eigenvalue weighted by Gasteiger charge is 2.20. The predicted octanol–water partition coefficient (Wildman–Crippen LogP) is 2.43. The first-order valence-corrected chi connectivity index (χ1v) is 7.49. The van der Waals surface area contributed by atoms with Crippen molar-refractivity contribution in [2.24, 2.45) is 0 Å². The lowest BCUT2D eigenvalue weighted by molar-refractivity contribution is -0.125. The van der Waals surface area contributed by atoms with Crippen molar-refractivity contribution in [1.29, 1.82) is 0 Å². The number of nitrogens with one attached hydrogen (secondary N) is 1. The van der Waals surface area contributed by atoms with Crippen LogP contribution in [-0.4, -0.2) is 35.9 Å². The molecule has 0 fully saturated rings. The van der Waals surface area contributed by atoms with Crippen LogP contribution in [-0.2, 0) is 11.2 Å². The van der Waals surface area contributed by atoms with Crippen molar-refractivity contribution >= 4 is 5.91 Å². The van der Waals surface area contributed by atoms with Gasteiger partial charge in [-0.25, -0.2) is 0 Å². The van der Waals surface area contributed by atoms with Crippen LogP contribution < -0.4 is 5.32 Å². The van der Waals surface area contributed by atoms with Crippen molar-refractivity contribution in [1.82, 2.24) is 15.2 Å². The SMILES string of the molecule is CC(C(=O)NC(Cc1ccccn1)c1ccccc1)N(C)C. The summed E-state index contributed by atoms with van der Waals surface area (Å²) in [7, 11) is 3.81. The molecule has 0 saturated carbocycles. The lowest BCUT2D eigenvalue weighted by atomic mass is 10.0. The maximum absolute atomic E-state index is 12.4. The van der Waals surface area contributed by atoms with E-state index in [1.54, 1.807) is 6.20 Å². The molecule has 0 saturated heterocycles. The molecule has 1 amide bonds. The van der Waals surface area contributed by atoms with E-state index >= 15 is 0 Å². The summed E-state index contributed by atoms with van der Waals surface area (Å²) < 4.78 is 0. The molecule has 0 spiro atoms. The molecule has 1 aromatic heterocycles. The van der Waals surface area contributed by atoms with Crippen LogP contribution in [0.5, 0.6) is 0 Å². The van der Waals surface area contributed by atoms with Crippen LogP contribution >= 0.6 is 0 Å². The van der Waals surface area contributed by atoms with Crippen LogP contribution in [0.15, 0.2) is 54.7 Å². The normalized spacial score (nSPS) is 13.6. The van der Waals surface area contributed by atoms with E-state index in [2.05, 4.69) is 10.3 Å². The van der Waals surface area contributed by atoms with E-state index in [0.29, 0.717) is 6.42 Å². The first-order valence-electron chi connectivity index (χ1n) is 7.49. The zero-order valence-corrected chi connectivity index (χ0v) is 13.4. The summed E-state index contributed by atoms with van der Waals surface area (Å²) in [5.41, 5.74) is 2.06. The van der Waals surface area contributed by atoms with E-state index in [9.17, 15) is 4.79 Å². The number of hydrogen-bond donors (Lipinski definition) is 1. The highest BCUT2D eigenvalue weighted by atomic mass is 16.2. The van der Waals surface area contributed by atoms with Gasteiger partial charge in [0.05, 0.1) is 12.1 Å². The number of benzene rings is 1. The Balaban J connectivity index is 2.17. The minimum Gasteiger partial charge on any atom is -0.348 e. The zero-order valence-electron chi connectivity index (χ0n) is 13.4. The van der Waals surface area contributed by atoms with Gasteiger partial charge < -0.3 is 5.32 Å². The minimum atomic E-state index is -0.171. The molecule has 2 rings (SSSR count). The Bertz CT molecular complexity index is 584. The summed E-state index contributed by atoms with van der Waals surface area (Å²) >= 11 is 0. The highest BCUT2D eigenvalue weighted by molar-refractivity contribution is 5.81. The number of aromatic nitrogens is 1. The van der Waals surface area contributed by atoms with Crippen molar-refractivity contribution in [3.8, 4) is 0 Å². The molecule has 0 aliphatic heterocycles. The number of pyridine rings is 1. The summed E-state index contributed by atoms with van der Waals surface area (Å²) in [5.74, 6) is 0.0229. The Morgan fingerprint density at radius 1 is 1.14 bits per heavy atom. The molecule has 1 heterocycles. The Morgan fingerprint density at radius 2 is 1.82 bits per heavy atom. The molecule has 116 valence electrons. The summed E-state index contributed by atoms with van der Waals surface area (Å²) in [6.45, 7) is 1.90. The van der Waals surface area contributed by atoms with E-state index < -0.39 is 0 Å². The Kier molecular flexibility index (Phi) is 5.67. The van der Waals surface area contributed by atoms with E-state index in [0.717, 1.165) is 11.3 Å². The van der Waals surface area contributed by atoms with Crippen LogP contribution in [0.25, 0.3) is 0 Å². The van der Waals surface area contributed by atoms with E-state index in [1.165, 1.54) is 0 Å². The number of hydrogen-bond acceptors (Lipinski definition) is 3.